The van der Waals surface area contributed by atoms with Crippen molar-refractivity contribution < 1.29 is 4.74 Å². The standard InChI is InChI=1S/C12H17NO/c1-10-3-5-11(6-4-10)14-9-12(13)7-2-8-12/h3-6H,2,7-9,13H2,1H3. The van der Waals surface area contributed by atoms with Gasteiger partial charge in [-0.3, -0.25) is 0 Å². The highest BCUT2D eigenvalue weighted by atomic mass is 16.5. The monoisotopic (exact) mass is 191 g/mol. The minimum atomic E-state index is -0.0507. The molecule has 0 amide bonds. The van der Waals surface area contributed by atoms with Gasteiger partial charge in [0, 0.05) is 0 Å². The van der Waals surface area contributed by atoms with Gasteiger partial charge in [-0.15, -0.1) is 0 Å². The van der Waals surface area contributed by atoms with Gasteiger partial charge in [0.05, 0.1) is 5.54 Å². The number of hydrogen-bond acceptors (Lipinski definition) is 2. The lowest BCUT2D eigenvalue weighted by Crippen LogP contribution is -2.51. The zero-order chi connectivity index (χ0) is 10.0. The molecule has 1 aliphatic carbocycles. The smallest absolute Gasteiger partial charge is 0.119 e. The second-order valence-electron chi connectivity index (χ2n) is 4.32. The van der Waals surface area contributed by atoms with Gasteiger partial charge in [-0.1, -0.05) is 17.7 Å². The molecule has 0 spiro atoms. The van der Waals surface area contributed by atoms with E-state index in [1.54, 1.807) is 0 Å². The normalized spacial score (nSPS) is 18.7. The number of ether oxygens (including phenoxy) is 1. The molecule has 2 N–H and O–H groups in total. The molecule has 2 heteroatoms. The van der Waals surface area contributed by atoms with Gasteiger partial charge in [-0.25, -0.2) is 0 Å². The Morgan fingerprint density at radius 1 is 1.29 bits per heavy atom. The number of nitrogens with two attached hydrogens (primary N) is 1. The van der Waals surface area contributed by atoms with E-state index in [0.717, 1.165) is 18.6 Å². The molecule has 14 heavy (non-hydrogen) atoms. The highest BCUT2D eigenvalue weighted by Crippen LogP contribution is 2.29. The molecule has 0 radical (unpaired) electrons. The van der Waals surface area contributed by atoms with Gasteiger partial charge in [0.2, 0.25) is 0 Å². The number of rotatable bonds is 3. The van der Waals surface area contributed by atoms with Crippen molar-refractivity contribution in [2.75, 3.05) is 6.61 Å². The molecule has 1 aromatic rings. The van der Waals surface area contributed by atoms with Crippen LogP contribution in [0.15, 0.2) is 24.3 Å². The zero-order valence-electron chi connectivity index (χ0n) is 8.62. The number of benzene rings is 1. The van der Waals surface area contributed by atoms with Gasteiger partial charge in [0.1, 0.15) is 12.4 Å². The molecule has 1 aliphatic rings. The Kier molecular flexibility index (Phi) is 2.46. The average molecular weight is 191 g/mol. The molecular formula is C12H17NO. The Hall–Kier alpha value is -1.02. The summed E-state index contributed by atoms with van der Waals surface area (Å²) >= 11 is 0. The fourth-order valence-corrected chi connectivity index (χ4v) is 1.64. The fourth-order valence-electron chi connectivity index (χ4n) is 1.64. The van der Waals surface area contributed by atoms with Crippen LogP contribution >= 0.6 is 0 Å². The predicted octanol–water partition coefficient (Wildman–Crippen LogP) is 2.26. The maximum Gasteiger partial charge on any atom is 0.119 e. The van der Waals surface area contributed by atoms with Gasteiger partial charge < -0.3 is 10.5 Å². The molecule has 2 rings (SSSR count). The second-order valence-corrected chi connectivity index (χ2v) is 4.32. The van der Waals surface area contributed by atoms with Gasteiger partial charge in [0.25, 0.3) is 0 Å². The van der Waals surface area contributed by atoms with Crippen LogP contribution < -0.4 is 10.5 Å². The van der Waals surface area contributed by atoms with E-state index in [9.17, 15) is 0 Å². The van der Waals surface area contributed by atoms with E-state index >= 15 is 0 Å². The predicted molar refractivity (Wildman–Crippen MR) is 57.4 cm³/mol. The highest BCUT2D eigenvalue weighted by Gasteiger charge is 2.33. The van der Waals surface area contributed by atoms with Gasteiger partial charge in [-0.2, -0.15) is 0 Å². The lowest BCUT2D eigenvalue weighted by molar-refractivity contribution is 0.142. The molecule has 2 nitrogen and oxygen atoms in total. The molecule has 0 heterocycles. The molecule has 0 saturated heterocycles. The molecule has 1 aromatic carbocycles. The first-order chi connectivity index (χ1) is 6.68. The van der Waals surface area contributed by atoms with E-state index in [-0.39, 0.29) is 5.54 Å². The van der Waals surface area contributed by atoms with E-state index in [2.05, 4.69) is 19.1 Å². The minimum absolute atomic E-state index is 0.0507. The molecular weight excluding hydrogens is 174 g/mol. The Morgan fingerprint density at radius 2 is 1.93 bits per heavy atom. The van der Waals surface area contributed by atoms with Crippen LogP contribution in [-0.4, -0.2) is 12.1 Å². The summed E-state index contributed by atoms with van der Waals surface area (Å²) in [6.45, 7) is 2.72. The lowest BCUT2D eigenvalue weighted by atomic mass is 9.78. The third kappa shape index (κ3) is 2.07. The summed E-state index contributed by atoms with van der Waals surface area (Å²) in [4.78, 5) is 0. The molecule has 0 bridgehead atoms. The first-order valence-corrected chi connectivity index (χ1v) is 5.16. The molecule has 1 saturated carbocycles. The minimum Gasteiger partial charge on any atom is -0.492 e. The Morgan fingerprint density at radius 3 is 2.43 bits per heavy atom. The van der Waals surface area contributed by atoms with E-state index < -0.39 is 0 Å². The van der Waals surface area contributed by atoms with Crippen LogP contribution in [-0.2, 0) is 0 Å². The molecule has 0 aliphatic heterocycles. The van der Waals surface area contributed by atoms with Gasteiger partial charge in [0.15, 0.2) is 0 Å². The van der Waals surface area contributed by atoms with Crippen LogP contribution in [0, 0.1) is 6.92 Å². The van der Waals surface area contributed by atoms with Gasteiger partial charge in [-0.05, 0) is 38.3 Å². The van der Waals surface area contributed by atoms with E-state index in [0.29, 0.717) is 6.61 Å². The first kappa shape index (κ1) is 9.53. The van der Waals surface area contributed by atoms with Crippen molar-refractivity contribution in [1.82, 2.24) is 0 Å². The molecule has 0 atom stereocenters. The molecule has 1 fully saturated rings. The molecule has 0 unspecified atom stereocenters. The van der Waals surface area contributed by atoms with Crippen LogP contribution in [0.3, 0.4) is 0 Å². The zero-order valence-corrected chi connectivity index (χ0v) is 8.62. The highest BCUT2D eigenvalue weighted by molar-refractivity contribution is 5.26. The third-order valence-corrected chi connectivity index (χ3v) is 2.90. The maximum absolute atomic E-state index is 6.06. The maximum atomic E-state index is 6.06. The summed E-state index contributed by atoms with van der Waals surface area (Å²) in [5.74, 6) is 0.923. The van der Waals surface area contributed by atoms with Crippen molar-refractivity contribution in [1.29, 1.82) is 0 Å². The summed E-state index contributed by atoms with van der Waals surface area (Å²) in [6, 6.07) is 8.10. The largest absolute Gasteiger partial charge is 0.492 e. The summed E-state index contributed by atoms with van der Waals surface area (Å²) < 4.78 is 5.64. The summed E-state index contributed by atoms with van der Waals surface area (Å²) in [7, 11) is 0. The van der Waals surface area contributed by atoms with Crippen molar-refractivity contribution in [2.45, 2.75) is 31.7 Å². The summed E-state index contributed by atoms with van der Waals surface area (Å²) in [5, 5.41) is 0. The van der Waals surface area contributed by atoms with E-state index in [1.165, 1.54) is 12.0 Å². The first-order valence-electron chi connectivity index (χ1n) is 5.16. The van der Waals surface area contributed by atoms with Crippen molar-refractivity contribution in [2.24, 2.45) is 5.73 Å². The molecule has 0 aromatic heterocycles. The van der Waals surface area contributed by atoms with Crippen LogP contribution in [0.2, 0.25) is 0 Å². The molecule has 76 valence electrons. The van der Waals surface area contributed by atoms with E-state index in [4.69, 9.17) is 10.5 Å². The fraction of sp³-hybridized carbons (Fsp3) is 0.500. The van der Waals surface area contributed by atoms with Crippen molar-refractivity contribution in [3.8, 4) is 5.75 Å². The van der Waals surface area contributed by atoms with Crippen LogP contribution in [0.25, 0.3) is 0 Å². The van der Waals surface area contributed by atoms with Crippen LogP contribution in [0.4, 0.5) is 0 Å². The van der Waals surface area contributed by atoms with Crippen LogP contribution in [0.1, 0.15) is 24.8 Å². The SMILES string of the molecule is Cc1ccc(OCC2(N)CCC2)cc1. The van der Waals surface area contributed by atoms with Crippen LogP contribution in [0.5, 0.6) is 5.75 Å². The van der Waals surface area contributed by atoms with Crippen molar-refractivity contribution in [3.05, 3.63) is 29.8 Å². The van der Waals surface area contributed by atoms with E-state index in [1.807, 2.05) is 12.1 Å². The Balaban J connectivity index is 1.88. The van der Waals surface area contributed by atoms with Crippen molar-refractivity contribution in [3.63, 3.8) is 0 Å². The lowest BCUT2D eigenvalue weighted by Gasteiger charge is -2.37. The third-order valence-electron chi connectivity index (χ3n) is 2.90. The Labute approximate surface area is 85.1 Å². The van der Waals surface area contributed by atoms with Crippen molar-refractivity contribution >= 4 is 0 Å². The Bertz CT molecular complexity index is 301. The quantitative estimate of drug-likeness (QED) is 0.795. The summed E-state index contributed by atoms with van der Waals surface area (Å²) in [6.07, 6.45) is 3.44. The summed E-state index contributed by atoms with van der Waals surface area (Å²) in [5.41, 5.74) is 7.26. The number of aryl methyl sites for hydroxylation is 1. The number of hydrogen-bond donors (Lipinski definition) is 1. The average Bonchev–Trinajstić information content (AvgIpc) is 2.14. The topological polar surface area (TPSA) is 35.2 Å². The van der Waals surface area contributed by atoms with Gasteiger partial charge >= 0.3 is 0 Å². The second kappa shape index (κ2) is 3.62.